The zero-order valence-electron chi connectivity index (χ0n) is 14.0. The summed E-state index contributed by atoms with van der Waals surface area (Å²) in [4.78, 5) is 24.8. The fourth-order valence-electron chi connectivity index (χ4n) is 3.01. The molecule has 3 heterocycles. The van der Waals surface area contributed by atoms with Crippen molar-refractivity contribution in [1.82, 2.24) is 19.5 Å². The number of fused-ring (bicyclic) bond motifs is 1. The maximum Gasteiger partial charge on any atom is 0.256 e. The van der Waals surface area contributed by atoms with Crippen LogP contribution in [0.15, 0.2) is 43.0 Å². The summed E-state index contributed by atoms with van der Waals surface area (Å²) in [7, 11) is 0. The zero-order valence-corrected chi connectivity index (χ0v) is 14.0. The Hall–Kier alpha value is -2.92. The van der Waals surface area contributed by atoms with E-state index in [0.29, 0.717) is 16.7 Å². The Bertz CT molecular complexity index is 963. The predicted molar refractivity (Wildman–Crippen MR) is 92.7 cm³/mol. The van der Waals surface area contributed by atoms with Gasteiger partial charge in [0.1, 0.15) is 24.6 Å². The van der Waals surface area contributed by atoms with Gasteiger partial charge in [-0.2, -0.15) is 0 Å². The molecule has 1 aliphatic heterocycles. The van der Waals surface area contributed by atoms with Crippen molar-refractivity contribution >= 4 is 22.9 Å². The lowest BCUT2D eigenvalue weighted by Crippen LogP contribution is -2.33. The first kappa shape index (κ1) is 17.5. The highest BCUT2D eigenvalue weighted by Crippen LogP contribution is 2.32. The number of anilines is 1. The summed E-state index contributed by atoms with van der Waals surface area (Å²) in [5, 5.41) is 32.1. The van der Waals surface area contributed by atoms with Crippen LogP contribution in [-0.2, 0) is 4.74 Å². The van der Waals surface area contributed by atoms with E-state index in [1.165, 1.54) is 17.2 Å². The van der Waals surface area contributed by atoms with E-state index in [1.807, 2.05) is 6.07 Å². The highest BCUT2D eigenvalue weighted by atomic mass is 16.6. The molecule has 27 heavy (non-hydrogen) atoms. The van der Waals surface area contributed by atoms with Crippen molar-refractivity contribution in [1.29, 1.82) is 0 Å². The normalized spacial score (nSPS) is 25.0. The maximum absolute atomic E-state index is 12.4. The van der Waals surface area contributed by atoms with Crippen LogP contribution in [0.2, 0.25) is 0 Å². The minimum Gasteiger partial charge on any atom is -0.394 e. The molecular formula is C17H17N5O5. The van der Waals surface area contributed by atoms with Crippen LogP contribution in [0.4, 0.5) is 5.82 Å². The summed E-state index contributed by atoms with van der Waals surface area (Å²) in [5.74, 6) is -0.141. The Morgan fingerprint density at radius 2 is 1.93 bits per heavy atom. The average molecular weight is 371 g/mol. The standard InChI is InChI=1S/C17H17N5O5/c23-6-10-12(24)13(25)17(27-10)22-8-20-11-14(18-7-19-15(11)22)21-16(26)9-4-2-1-3-5-9/h1-5,7-8,10,12-13,17,23-25H,6H2,(H,18,19,21,26)/t10-,12+,13?,17-/m1/s1. The molecule has 0 aliphatic carbocycles. The maximum atomic E-state index is 12.4. The van der Waals surface area contributed by atoms with E-state index >= 15 is 0 Å². The van der Waals surface area contributed by atoms with E-state index in [1.54, 1.807) is 24.3 Å². The fraction of sp³-hybridized carbons (Fsp3) is 0.294. The number of carbonyl (C=O) groups is 1. The summed E-state index contributed by atoms with van der Waals surface area (Å²) in [6.07, 6.45) is -1.77. The quantitative estimate of drug-likeness (QED) is 0.489. The summed E-state index contributed by atoms with van der Waals surface area (Å²) in [5.41, 5.74) is 1.08. The topological polar surface area (TPSA) is 143 Å². The third-order valence-electron chi connectivity index (χ3n) is 4.42. The second-order valence-electron chi connectivity index (χ2n) is 6.10. The molecule has 2 aromatic heterocycles. The molecule has 1 fully saturated rings. The Morgan fingerprint density at radius 3 is 2.63 bits per heavy atom. The van der Waals surface area contributed by atoms with Crippen molar-refractivity contribution in [3.8, 4) is 0 Å². The van der Waals surface area contributed by atoms with Crippen LogP contribution in [0.1, 0.15) is 16.6 Å². The number of hydrogen-bond acceptors (Lipinski definition) is 8. The number of benzene rings is 1. The molecule has 0 radical (unpaired) electrons. The van der Waals surface area contributed by atoms with Gasteiger partial charge < -0.3 is 25.4 Å². The van der Waals surface area contributed by atoms with Crippen LogP contribution in [0, 0.1) is 0 Å². The number of hydrogen-bond donors (Lipinski definition) is 4. The smallest absolute Gasteiger partial charge is 0.256 e. The Labute approximate surface area is 153 Å². The van der Waals surface area contributed by atoms with Crippen molar-refractivity contribution in [2.75, 3.05) is 11.9 Å². The van der Waals surface area contributed by atoms with Gasteiger partial charge >= 0.3 is 0 Å². The monoisotopic (exact) mass is 371 g/mol. The van der Waals surface area contributed by atoms with Crippen molar-refractivity contribution in [2.24, 2.45) is 0 Å². The lowest BCUT2D eigenvalue weighted by atomic mass is 10.1. The van der Waals surface area contributed by atoms with Gasteiger partial charge in [-0.15, -0.1) is 0 Å². The number of carbonyl (C=O) groups excluding carboxylic acids is 1. The van der Waals surface area contributed by atoms with Gasteiger partial charge in [0.2, 0.25) is 0 Å². The summed E-state index contributed by atoms with van der Waals surface area (Å²) in [6.45, 7) is -0.436. The largest absolute Gasteiger partial charge is 0.394 e. The molecule has 140 valence electrons. The summed E-state index contributed by atoms with van der Waals surface area (Å²) < 4.78 is 6.93. The molecule has 4 rings (SSSR count). The van der Waals surface area contributed by atoms with Gasteiger partial charge in [0.05, 0.1) is 12.9 Å². The first-order chi connectivity index (χ1) is 13.1. The second kappa shape index (κ2) is 7.00. The molecule has 10 nitrogen and oxygen atoms in total. The van der Waals surface area contributed by atoms with E-state index in [9.17, 15) is 20.1 Å². The molecule has 0 spiro atoms. The fourth-order valence-corrected chi connectivity index (χ4v) is 3.01. The van der Waals surface area contributed by atoms with Gasteiger partial charge in [-0.25, -0.2) is 15.0 Å². The van der Waals surface area contributed by atoms with Gasteiger partial charge in [0, 0.05) is 5.56 Å². The van der Waals surface area contributed by atoms with E-state index in [2.05, 4.69) is 20.3 Å². The SMILES string of the molecule is O=C(Nc1ncnc2c1ncn2[C@@H]1O[C@H](CO)[C@H](O)C1O)c1ccccc1. The first-order valence-electron chi connectivity index (χ1n) is 8.26. The number of imidazole rings is 1. The van der Waals surface area contributed by atoms with Crippen LogP contribution in [-0.4, -0.2) is 65.7 Å². The molecule has 3 aromatic rings. The highest BCUT2D eigenvalue weighted by Gasteiger charge is 2.44. The van der Waals surface area contributed by atoms with Crippen molar-refractivity contribution in [3.05, 3.63) is 48.5 Å². The summed E-state index contributed by atoms with van der Waals surface area (Å²) in [6, 6.07) is 8.65. The van der Waals surface area contributed by atoms with E-state index in [0.717, 1.165) is 0 Å². The Kier molecular flexibility index (Phi) is 4.54. The molecule has 4 N–H and O–H groups in total. The molecule has 1 amide bonds. The minimum absolute atomic E-state index is 0.208. The second-order valence-corrected chi connectivity index (χ2v) is 6.10. The molecular weight excluding hydrogens is 354 g/mol. The molecule has 10 heteroatoms. The molecule has 0 saturated carbocycles. The Balaban J connectivity index is 1.65. The van der Waals surface area contributed by atoms with Gasteiger partial charge in [-0.3, -0.25) is 9.36 Å². The number of amides is 1. The van der Waals surface area contributed by atoms with Crippen molar-refractivity contribution in [2.45, 2.75) is 24.5 Å². The third kappa shape index (κ3) is 3.04. The van der Waals surface area contributed by atoms with Crippen molar-refractivity contribution in [3.63, 3.8) is 0 Å². The molecule has 1 aromatic carbocycles. The van der Waals surface area contributed by atoms with Crippen LogP contribution in [0.5, 0.6) is 0 Å². The van der Waals surface area contributed by atoms with E-state index < -0.39 is 31.1 Å². The van der Waals surface area contributed by atoms with Crippen LogP contribution >= 0.6 is 0 Å². The number of nitrogens with one attached hydrogen (secondary N) is 1. The Morgan fingerprint density at radius 1 is 1.15 bits per heavy atom. The van der Waals surface area contributed by atoms with Gasteiger partial charge in [0.15, 0.2) is 23.2 Å². The molecule has 1 unspecified atom stereocenters. The van der Waals surface area contributed by atoms with Gasteiger partial charge in [-0.1, -0.05) is 18.2 Å². The number of aliphatic hydroxyl groups excluding tert-OH is 3. The molecule has 1 saturated heterocycles. The number of ether oxygens (including phenoxy) is 1. The number of rotatable bonds is 4. The van der Waals surface area contributed by atoms with E-state index in [-0.39, 0.29) is 11.7 Å². The lowest BCUT2D eigenvalue weighted by molar-refractivity contribution is -0.0511. The third-order valence-corrected chi connectivity index (χ3v) is 4.42. The lowest BCUT2D eigenvalue weighted by Gasteiger charge is -2.16. The number of nitrogens with zero attached hydrogens (tertiary/aromatic N) is 4. The molecule has 0 bridgehead atoms. The number of aliphatic hydroxyl groups is 3. The summed E-state index contributed by atoms with van der Waals surface area (Å²) >= 11 is 0. The molecule has 1 aliphatic rings. The average Bonchev–Trinajstić information content (AvgIpc) is 3.25. The highest BCUT2D eigenvalue weighted by molar-refractivity contribution is 6.06. The van der Waals surface area contributed by atoms with Crippen LogP contribution in [0.25, 0.3) is 11.2 Å². The van der Waals surface area contributed by atoms with Crippen LogP contribution in [0.3, 0.4) is 0 Å². The zero-order chi connectivity index (χ0) is 19.0. The van der Waals surface area contributed by atoms with Crippen LogP contribution < -0.4 is 5.32 Å². The van der Waals surface area contributed by atoms with Gasteiger partial charge in [0.25, 0.3) is 5.91 Å². The number of aromatic nitrogens is 4. The van der Waals surface area contributed by atoms with E-state index in [4.69, 9.17) is 4.74 Å². The first-order valence-corrected chi connectivity index (χ1v) is 8.26. The molecule has 4 atom stereocenters. The van der Waals surface area contributed by atoms with Gasteiger partial charge in [-0.05, 0) is 12.1 Å². The van der Waals surface area contributed by atoms with Crippen molar-refractivity contribution < 1.29 is 24.9 Å². The minimum atomic E-state index is -1.27. The predicted octanol–water partition coefficient (Wildman–Crippen LogP) is -0.310.